The molecule has 5 heteroatoms. The quantitative estimate of drug-likeness (QED) is 0.744. The second-order valence-corrected chi connectivity index (χ2v) is 7.03. The van der Waals surface area contributed by atoms with E-state index in [0.717, 1.165) is 26.1 Å². The first-order chi connectivity index (χ1) is 12.5. The summed E-state index contributed by atoms with van der Waals surface area (Å²) in [7, 11) is 0. The Morgan fingerprint density at radius 3 is 2.35 bits per heavy atom. The summed E-state index contributed by atoms with van der Waals surface area (Å²) in [5.74, 6) is -0.104. The van der Waals surface area contributed by atoms with Crippen molar-refractivity contribution in [2.24, 2.45) is 0 Å². The number of likely N-dealkylation sites (tertiary alicyclic amines) is 1. The summed E-state index contributed by atoms with van der Waals surface area (Å²) in [6, 6.07) is 16.5. The minimum absolute atomic E-state index is 0.128. The molecule has 0 spiro atoms. The molecule has 1 fully saturated rings. The van der Waals surface area contributed by atoms with Crippen molar-refractivity contribution in [3.8, 4) is 5.75 Å². The number of carbonyl (C=O) groups excluding carboxylic acids is 1. The Labute approximate surface area is 154 Å². The van der Waals surface area contributed by atoms with Gasteiger partial charge in [-0.1, -0.05) is 30.3 Å². The van der Waals surface area contributed by atoms with Crippen molar-refractivity contribution in [1.29, 1.82) is 0 Å². The molecule has 1 aliphatic rings. The van der Waals surface area contributed by atoms with Crippen molar-refractivity contribution in [3.05, 3.63) is 65.7 Å². The molecule has 1 saturated heterocycles. The number of amides is 1. The van der Waals surface area contributed by atoms with Gasteiger partial charge in [-0.25, -0.2) is 0 Å². The fourth-order valence-corrected chi connectivity index (χ4v) is 3.26. The smallest absolute Gasteiger partial charge is 0.251 e. The fourth-order valence-electron chi connectivity index (χ4n) is 3.26. The summed E-state index contributed by atoms with van der Waals surface area (Å²) >= 11 is 0. The van der Waals surface area contributed by atoms with Crippen molar-refractivity contribution < 1.29 is 15.0 Å². The van der Waals surface area contributed by atoms with Gasteiger partial charge >= 0.3 is 0 Å². The maximum Gasteiger partial charge on any atom is 0.251 e. The van der Waals surface area contributed by atoms with Crippen LogP contribution in [0.5, 0.6) is 5.75 Å². The van der Waals surface area contributed by atoms with Crippen molar-refractivity contribution in [2.45, 2.75) is 24.9 Å². The van der Waals surface area contributed by atoms with Crippen LogP contribution in [0.4, 0.5) is 0 Å². The van der Waals surface area contributed by atoms with Gasteiger partial charge in [0.1, 0.15) is 5.75 Å². The summed E-state index contributed by atoms with van der Waals surface area (Å²) in [6.07, 6.45) is 2.31. The number of nitrogens with one attached hydrogen (secondary N) is 1. The molecule has 0 unspecified atom stereocenters. The van der Waals surface area contributed by atoms with Gasteiger partial charge in [-0.15, -0.1) is 0 Å². The Morgan fingerprint density at radius 1 is 1.04 bits per heavy atom. The molecular formula is C21H26N2O3. The fraction of sp³-hybridized carbons (Fsp3) is 0.381. The minimum atomic E-state index is -0.851. The van der Waals surface area contributed by atoms with E-state index in [4.69, 9.17) is 0 Å². The molecule has 0 radical (unpaired) electrons. The zero-order valence-corrected chi connectivity index (χ0v) is 14.9. The maximum atomic E-state index is 12.2. The van der Waals surface area contributed by atoms with E-state index in [1.54, 1.807) is 12.1 Å². The van der Waals surface area contributed by atoms with Crippen LogP contribution in [0.3, 0.4) is 0 Å². The van der Waals surface area contributed by atoms with Crippen LogP contribution in [0.2, 0.25) is 0 Å². The van der Waals surface area contributed by atoms with Gasteiger partial charge in [0.25, 0.3) is 5.91 Å². The predicted molar refractivity (Wildman–Crippen MR) is 101 cm³/mol. The highest BCUT2D eigenvalue weighted by Crippen LogP contribution is 2.22. The summed E-state index contributed by atoms with van der Waals surface area (Å²) < 4.78 is 0. The average Bonchev–Trinajstić information content (AvgIpc) is 2.67. The van der Waals surface area contributed by atoms with Gasteiger partial charge in [0.05, 0.1) is 5.60 Å². The molecule has 0 atom stereocenters. The lowest BCUT2D eigenvalue weighted by molar-refractivity contribution is -0.0186. The number of phenols is 1. The molecule has 0 saturated carbocycles. The molecule has 2 aromatic carbocycles. The monoisotopic (exact) mass is 354 g/mol. The molecule has 0 bridgehead atoms. The number of carbonyl (C=O) groups is 1. The molecule has 3 rings (SSSR count). The van der Waals surface area contributed by atoms with Crippen molar-refractivity contribution in [2.75, 3.05) is 26.2 Å². The average molecular weight is 354 g/mol. The van der Waals surface area contributed by atoms with Gasteiger partial charge < -0.3 is 20.4 Å². The van der Waals surface area contributed by atoms with Crippen LogP contribution in [0.1, 0.15) is 28.8 Å². The maximum absolute atomic E-state index is 12.2. The topological polar surface area (TPSA) is 72.8 Å². The highest BCUT2D eigenvalue weighted by Gasteiger charge is 2.32. The van der Waals surface area contributed by atoms with E-state index in [-0.39, 0.29) is 18.2 Å². The van der Waals surface area contributed by atoms with Gasteiger partial charge in [-0.3, -0.25) is 4.79 Å². The Balaban J connectivity index is 1.42. The molecule has 26 heavy (non-hydrogen) atoms. The number of benzene rings is 2. The Morgan fingerprint density at radius 2 is 1.69 bits per heavy atom. The van der Waals surface area contributed by atoms with Crippen LogP contribution in [-0.4, -0.2) is 52.8 Å². The number of piperidine rings is 1. The number of nitrogens with zero attached hydrogens (tertiary/aromatic N) is 1. The third-order valence-electron chi connectivity index (χ3n) is 5.05. The normalized spacial score (nSPS) is 17.0. The van der Waals surface area contributed by atoms with Crippen molar-refractivity contribution >= 4 is 5.91 Å². The van der Waals surface area contributed by atoms with Crippen LogP contribution in [0.15, 0.2) is 54.6 Å². The second kappa shape index (κ2) is 8.34. The molecule has 3 N–H and O–H groups in total. The van der Waals surface area contributed by atoms with E-state index in [1.807, 2.05) is 6.07 Å². The number of rotatable bonds is 6. The lowest BCUT2D eigenvalue weighted by Crippen LogP contribution is -2.51. The molecule has 1 amide bonds. The molecule has 0 aromatic heterocycles. The van der Waals surface area contributed by atoms with E-state index in [1.165, 1.54) is 17.7 Å². The van der Waals surface area contributed by atoms with Gasteiger partial charge in [0.15, 0.2) is 0 Å². The standard InChI is InChI=1S/C21H26N2O3/c24-19-8-6-18(7-9-19)20(25)22-16-21(26)11-14-23(15-12-21)13-10-17-4-2-1-3-5-17/h1-9,24,26H,10-16H2,(H,22,25). The first kappa shape index (κ1) is 18.4. The van der Waals surface area contributed by atoms with E-state index < -0.39 is 5.60 Å². The van der Waals surface area contributed by atoms with E-state index in [9.17, 15) is 15.0 Å². The highest BCUT2D eigenvalue weighted by molar-refractivity contribution is 5.94. The number of aromatic hydroxyl groups is 1. The third kappa shape index (κ3) is 5.07. The number of aliphatic hydroxyl groups is 1. The largest absolute Gasteiger partial charge is 0.508 e. The van der Waals surface area contributed by atoms with Gasteiger partial charge in [-0.05, 0) is 49.1 Å². The highest BCUT2D eigenvalue weighted by atomic mass is 16.3. The molecule has 5 nitrogen and oxygen atoms in total. The zero-order valence-electron chi connectivity index (χ0n) is 14.9. The Hall–Kier alpha value is -2.37. The van der Waals surface area contributed by atoms with Gasteiger partial charge in [0, 0.05) is 31.7 Å². The van der Waals surface area contributed by atoms with Crippen LogP contribution >= 0.6 is 0 Å². The molecule has 138 valence electrons. The van der Waals surface area contributed by atoms with Gasteiger partial charge in [0.2, 0.25) is 0 Å². The number of hydrogen-bond donors (Lipinski definition) is 3. The molecule has 1 heterocycles. The summed E-state index contributed by atoms with van der Waals surface area (Å²) in [5, 5.41) is 22.8. The summed E-state index contributed by atoms with van der Waals surface area (Å²) in [6.45, 7) is 2.90. The number of phenolic OH excluding ortho intramolecular Hbond substituents is 1. The zero-order chi connectivity index (χ0) is 18.4. The summed E-state index contributed by atoms with van der Waals surface area (Å²) in [5.41, 5.74) is 0.955. The lowest BCUT2D eigenvalue weighted by atomic mass is 9.91. The van der Waals surface area contributed by atoms with E-state index in [2.05, 4.69) is 34.5 Å². The van der Waals surface area contributed by atoms with Crippen molar-refractivity contribution in [1.82, 2.24) is 10.2 Å². The van der Waals surface area contributed by atoms with Crippen LogP contribution in [0.25, 0.3) is 0 Å². The van der Waals surface area contributed by atoms with E-state index >= 15 is 0 Å². The minimum Gasteiger partial charge on any atom is -0.508 e. The third-order valence-corrected chi connectivity index (χ3v) is 5.05. The molecule has 0 aliphatic carbocycles. The molecule has 2 aromatic rings. The number of hydrogen-bond acceptors (Lipinski definition) is 4. The first-order valence-corrected chi connectivity index (χ1v) is 9.10. The van der Waals surface area contributed by atoms with Crippen LogP contribution < -0.4 is 5.32 Å². The SMILES string of the molecule is O=C(NCC1(O)CCN(CCc2ccccc2)CC1)c1ccc(O)cc1. The van der Waals surface area contributed by atoms with Gasteiger partial charge in [-0.2, -0.15) is 0 Å². The van der Waals surface area contributed by atoms with E-state index in [0.29, 0.717) is 18.4 Å². The Kier molecular flexibility index (Phi) is 5.91. The van der Waals surface area contributed by atoms with Crippen LogP contribution in [-0.2, 0) is 6.42 Å². The summed E-state index contributed by atoms with van der Waals surface area (Å²) in [4.78, 5) is 14.5. The van der Waals surface area contributed by atoms with Crippen LogP contribution in [0, 0.1) is 0 Å². The second-order valence-electron chi connectivity index (χ2n) is 7.03. The van der Waals surface area contributed by atoms with Crippen molar-refractivity contribution in [3.63, 3.8) is 0 Å². The Bertz CT molecular complexity index is 708. The predicted octanol–water partition coefficient (Wildman–Crippen LogP) is 2.19. The lowest BCUT2D eigenvalue weighted by Gasteiger charge is -2.38. The molecule has 1 aliphatic heterocycles. The molecular weight excluding hydrogens is 328 g/mol. The first-order valence-electron chi connectivity index (χ1n) is 9.10.